The first-order valence-corrected chi connectivity index (χ1v) is 10.6. The number of benzene rings is 1. The number of hydrogen-bond donors (Lipinski definition) is 1. The van der Waals surface area contributed by atoms with Crippen LogP contribution in [0.4, 0.5) is 10.2 Å². The van der Waals surface area contributed by atoms with Crippen LogP contribution in [0.25, 0.3) is 0 Å². The summed E-state index contributed by atoms with van der Waals surface area (Å²) in [6.45, 7) is 4.03. The second kappa shape index (κ2) is 8.25. The fourth-order valence-electron chi connectivity index (χ4n) is 3.59. The number of pyridine rings is 1. The summed E-state index contributed by atoms with van der Waals surface area (Å²) >= 11 is 2.26. The van der Waals surface area contributed by atoms with Crippen LogP contribution < -0.4 is 10.1 Å². The van der Waals surface area contributed by atoms with Gasteiger partial charge in [0.15, 0.2) is 5.75 Å². The fraction of sp³-hybridized carbons (Fsp3) is 0.273. The maximum atomic E-state index is 13.1. The second-order valence-electron chi connectivity index (χ2n) is 7.43. The van der Waals surface area contributed by atoms with Crippen LogP contribution in [0.5, 0.6) is 5.75 Å². The first-order valence-electron chi connectivity index (χ1n) is 9.49. The zero-order chi connectivity index (χ0) is 21.3. The molecule has 1 aliphatic carbocycles. The van der Waals surface area contributed by atoms with Gasteiger partial charge in [-0.25, -0.2) is 19.3 Å². The van der Waals surface area contributed by atoms with E-state index in [2.05, 4.69) is 48.9 Å². The number of anilines is 1. The average molecular weight is 518 g/mol. The van der Waals surface area contributed by atoms with Crippen LogP contribution in [0.15, 0.2) is 48.8 Å². The molecule has 154 valence electrons. The van der Waals surface area contributed by atoms with Gasteiger partial charge in [0.25, 0.3) is 0 Å². The van der Waals surface area contributed by atoms with Crippen LogP contribution in [0.3, 0.4) is 0 Å². The van der Waals surface area contributed by atoms with Crippen LogP contribution >= 0.6 is 22.6 Å². The van der Waals surface area contributed by atoms with Gasteiger partial charge in [-0.1, -0.05) is 12.1 Å². The number of hydrogen-bond acceptors (Lipinski definition) is 5. The van der Waals surface area contributed by atoms with Gasteiger partial charge >= 0.3 is 0 Å². The predicted octanol–water partition coefficient (Wildman–Crippen LogP) is 4.21. The first-order chi connectivity index (χ1) is 14.4. The predicted molar refractivity (Wildman–Crippen MR) is 119 cm³/mol. The van der Waals surface area contributed by atoms with Gasteiger partial charge in [-0.3, -0.25) is 4.79 Å². The normalized spacial score (nSPS) is 19.9. The lowest BCUT2D eigenvalue weighted by Crippen LogP contribution is -2.27. The SMILES string of the molecule is Cc1ncc(OC[C@@]2(c3cccc(I)c3)C[C@H]2C(=O)Nc2ccc(F)cn2)c(C)n1. The Morgan fingerprint density at radius 3 is 2.80 bits per heavy atom. The van der Waals surface area contributed by atoms with Crippen LogP contribution in [0, 0.1) is 29.2 Å². The molecule has 1 amide bonds. The minimum absolute atomic E-state index is 0.159. The number of carbonyl (C=O) groups is 1. The number of ether oxygens (including phenoxy) is 1. The molecule has 2 atom stereocenters. The quantitative estimate of drug-likeness (QED) is 0.495. The first kappa shape index (κ1) is 20.6. The van der Waals surface area contributed by atoms with Gasteiger partial charge in [0.2, 0.25) is 5.91 Å². The molecule has 30 heavy (non-hydrogen) atoms. The number of amides is 1. The van der Waals surface area contributed by atoms with Crippen molar-refractivity contribution >= 4 is 34.3 Å². The lowest BCUT2D eigenvalue weighted by atomic mass is 9.93. The smallest absolute Gasteiger partial charge is 0.229 e. The van der Waals surface area contributed by atoms with Crippen molar-refractivity contribution in [2.24, 2.45) is 5.92 Å². The highest BCUT2D eigenvalue weighted by Gasteiger charge is 2.60. The van der Waals surface area contributed by atoms with E-state index in [0.29, 0.717) is 30.4 Å². The van der Waals surface area contributed by atoms with E-state index >= 15 is 0 Å². The van der Waals surface area contributed by atoms with Crippen molar-refractivity contribution in [2.45, 2.75) is 25.7 Å². The number of carbonyl (C=O) groups excluding carboxylic acids is 1. The summed E-state index contributed by atoms with van der Waals surface area (Å²) < 4.78 is 20.3. The van der Waals surface area contributed by atoms with Crippen molar-refractivity contribution in [3.05, 3.63) is 75.3 Å². The van der Waals surface area contributed by atoms with Gasteiger partial charge in [-0.2, -0.15) is 0 Å². The second-order valence-corrected chi connectivity index (χ2v) is 8.68. The van der Waals surface area contributed by atoms with Crippen molar-refractivity contribution in [2.75, 3.05) is 11.9 Å². The summed E-state index contributed by atoms with van der Waals surface area (Å²) in [6, 6.07) is 10.8. The zero-order valence-electron chi connectivity index (χ0n) is 16.5. The Hall–Kier alpha value is -2.62. The molecule has 0 radical (unpaired) electrons. The Morgan fingerprint density at radius 1 is 1.27 bits per heavy atom. The number of halogens is 2. The minimum Gasteiger partial charge on any atom is -0.489 e. The Labute approximate surface area is 187 Å². The van der Waals surface area contributed by atoms with Crippen LogP contribution in [0.2, 0.25) is 0 Å². The monoisotopic (exact) mass is 518 g/mol. The molecule has 1 aliphatic rings. The number of nitrogens with one attached hydrogen (secondary N) is 1. The van der Waals surface area contributed by atoms with Crippen LogP contribution in [0.1, 0.15) is 23.5 Å². The number of aromatic nitrogens is 3. The molecular weight excluding hydrogens is 498 g/mol. The number of rotatable bonds is 6. The third kappa shape index (κ3) is 4.28. The lowest BCUT2D eigenvalue weighted by molar-refractivity contribution is -0.117. The highest BCUT2D eigenvalue weighted by molar-refractivity contribution is 14.1. The fourth-order valence-corrected chi connectivity index (χ4v) is 4.14. The molecule has 1 saturated carbocycles. The van der Waals surface area contributed by atoms with Crippen molar-refractivity contribution in [1.82, 2.24) is 15.0 Å². The zero-order valence-corrected chi connectivity index (χ0v) is 18.7. The summed E-state index contributed by atoms with van der Waals surface area (Å²) in [5.41, 5.74) is 1.35. The molecule has 0 bridgehead atoms. The molecule has 3 aromatic rings. The molecule has 0 aliphatic heterocycles. The summed E-state index contributed by atoms with van der Waals surface area (Å²) in [5.74, 6) is 0.729. The van der Waals surface area contributed by atoms with E-state index in [1.807, 2.05) is 32.0 Å². The van der Waals surface area contributed by atoms with Gasteiger partial charge in [-0.15, -0.1) is 0 Å². The van der Waals surface area contributed by atoms with E-state index < -0.39 is 11.2 Å². The van der Waals surface area contributed by atoms with Crippen molar-refractivity contribution in [3.8, 4) is 5.75 Å². The molecule has 0 saturated heterocycles. The van der Waals surface area contributed by atoms with Crippen molar-refractivity contribution in [3.63, 3.8) is 0 Å². The van der Waals surface area contributed by atoms with Crippen LogP contribution in [-0.2, 0) is 10.2 Å². The van der Waals surface area contributed by atoms with E-state index in [4.69, 9.17) is 4.74 Å². The summed E-state index contributed by atoms with van der Waals surface area (Å²) in [4.78, 5) is 25.4. The number of nitrogens with zero attached hydrogens (tertiary/aromatic N) is 3. The third-order valence-corrected chi connectivity index (χ3v) is 5.98. The third-order valence-electron chi connectivity index (χ3n) is 5.31. The molecule has 2 heterocycles. The maximum absolute atomic E-state index is 13.1. The minimum atomic E-state index is -0.456. The topological polar surface area (TPSA) is 77.0 Å². The van der Waals surface area contributed by atoms with Gasteiger partial charge in [-0.05, 0) is 72.7 Å². The lowest BCUT2D eigenvalue weighted by Gasteiger charge is -2.20. The standard InChI is InChI=1S/C22H20FIN4O2/c1-13-19(11-25-14(2)27-13)30-12-22(15-4-3-5-17(24)8-15)9-18(22)21(29)28-20-7-6-16(23)10-26-20/h3-8,10-11,18H,9,12H2,1-2H3,(H,26,28,29)/t18-,22+/m0/s1. The molecule has 8 heteroatoms. The van der Waals surface area contributed by atoms with Gasteiger partial charge in [0.05, 0.1) is 30.6 Å². The summed E-state index contributed by atoms with van der Waals surface area (Å²) in [7, 11) is 0. The molecule has 1 fully saturated rings. The summed E-state index contributed by atoms with van der Waals surface area (Å²) in [5, 5.41) is 2.79. The Kier molecular flexibility index (Phi) is 5.68. The van der Waals surface area contributed by atoms with Crippen LogP contribution in [-0.4, -0.2) is 27.5 Å². The average Bonchev–Trinajstić information content (AvgIpc) is 3.45. The van der Waals surface area contributed by atoms with E-state index in [9.17, 15) is 9.18 Å². The molecule has 4 rings (SSSR count). The summed E-state index contributed by atoms with van der Waals surface area (Å²) in [6.07, 6.45) is 3.39. The molecule has 1 aromatic carbocycles. The molecule has 2 aromatic heterocycles. The van der Waals surface area contributed by atoms with Gasteiger partial charge in [0, 0.05) is 8.99 Å². The Morgan fingerprint density at radius 2 is 2.10 bits per heavy atom. The molecule has 1 N–H and O–H groups in total. The van der Waals surface area contributed by atoms with E-state index in [1.165, 1.54) is 12.1 Å². The molecule has 0 unspecified atom stereocenters. The Balaban J connectivity index is 1.56. The Bertz CT molecular complexity index is 1090. The van der Waals surface area contributed by atoms with E-state index in [0.717, 1.165) is 21.0 Å². The number of aryl methyl sites for hydroxylation is 2. The highest BCUT2D eigenvalue weighted by Crippen LogP contribution is 2.55. The van der Waals surface area contributed by atoms with Gasteiger partial charge in [0.1, 0.15) is 17.5 Å². The van der Waals surface area contributed by atoms with E-state index in [-0.39, 0.29) is 11.8 Å². The highest BCUT2D eigenvalue weighted by atomic mass is 127. The van der Waals surface area contributed by atoms with Crippen molar-refractivity contribution < 1.29 is 13.9 Å². The van der Waals surface area contributed by atoms with E-state index in [1.54, 1.807) is 6.20 Å². The molecular formula is C22H20FIN4O2. The van der Waals surface area contributed by atoms with Gasteiger partial charge < -0.3 is 10.1 Å². The maximum Gasteiger partial charge on any atom is 0.229 e. The van der Waals surface area contributed by atoms with Crippen molar-refractivity contribution in [1.29, 1.82) is 0 Å². The largest absolute Gasteiger partial charge is 0.489 e. The molecule has 6 nitrogen and oxygen atoms in total. The molecule has 0 spiro atoms.